The summed E-state index contributed by atoms with van der Waals surface area (Å²) in [4.78, 5) is 18.8. The molecule has 1 aromatic carbocycles. The zero-order chi connectivity index (χ0) is 18.7. The number of carbonyl (C=O) groups is 1. The van der Waals surface area contributed by atoms with Crippen LogP contribution >= 0.6 is 0 Å². The molecule has 1 aliphatic rings. The van der Waals surface area contributed by atoms with Crippen molar-refractivity contribution in [1.82, 2.24) is 9.29 Å². The second kappa shape index (κ2) is 7.55. The number of rotatable bonds is 5. The highest BCUT2D eigenvalue weighted by molar-refractivity contribution is 7.89. The van der Waals surface area contributed by atoms with Gasteiger partial charge in [0.05, 0.1) is 4.90 Å². The van der Waals surface area contributed by atoms with Gasteiger partial charge in [-0.05, 0) is 48.7 Å². The van der Waals surface area contributed by atoms with Crippen molar-refractivity contribution in [1.29, 1.82) is 0 Å². The maximum Gasteiger partial charge on any atom is 0.258 e. The smallest absolute Gasteiger partial charge is 0.258 e. The monoisotopic (exact) mass is 373 g/mol. The third-order valence-corrected chi connectivity index (χ3v) is 6.73. The molecule has 0 radical (unpaired) electrons. The number of benzene rings is 1. The Labute approximate surface area is 154 Å². The standard InChI is InChI=1S/C19H23N3O3S/c1-3-21(4-2)26(24,25)17-7-8-18-16(14-17)6-5-13-22(18)19(23)15-9-11-20-12-10-15/h7-12,14H,3-6,13H2,1-2H3. The van der Waals surface area contributed by atoms with Gasteiger partial charge < -0.3 is 4.90 Å². The summed E-state index contributed by atoms with van der Waals surface area (Å²) in [5.74, 6) is -0.0901. The van der Waals surface area contributed by atoms with Crippen LogP contribution in [0.1, 0.15) is 36.2 Å². The van der Waals surface area contributed by atoms with E-state index in [1.54, 1.807) is 47.6 Å². The number of hydrogen-bond acceptors (Lipinski definition) is 4. The number of nitrogens with zero attached hydrogens (tertiary/aromatic N) is 3. The summed E-state index contributed by atoms with van der Waals surface area (Å²) < 4.78 is 27.0. The van der Waals surface area contributed by atoms with Crippen molar-refractivity contribution in [3.05, 3.63) is 53.9 Å². The molecule has 0 spiro atoms. The molecule has 26 heavy (non-hydrogen) atoms. The molecule has 0 bridgehead atoms. The minimum atomic E-state index is -3.50. The highest BCUT2D eigenvalue weighted by Crippen LogP contribution is 2.31. The van der Waals surface area contributed by atoms with Gasteiger partial charge in [-0.2, -0.15) is 4.31 Å². The summed E-state index contributed by atoms with van der Waals surface area (Å²) in [6.07, 6.45) is 4.76. The number of pyridine rings is 1. The van der Waals surface area contributed by atoms with Crippen LogP contribution in [0.15, 0.2) is 47.6 Å². The number of amides is 1. The van der Waals surface area contributed by atoms with Crippen LogP contribution in [0.25, 0.3) is 0 Å². The molecule has 2 aromatic rings. The number of sulfonamides is 1. The molecule has 1 aliphatic heterocycles. The van der Waals surface area contributed by atoms with E-state index in [0.717, 1.165) is 24.1 Å². The van der Waals surface area contributed by atoms with Gasteiger partial charge in [-0.15, -0.1) is 0 Å². The Hall–Kier alpha value is -2.25. The molecule has 0 fully saturated rings. The first-order chi connectivity index (χ1) is 12.5. The van der Waals surface area contributed by atoms with E-state index in [-0.39, 0.29) is 10.8 Å². The molecule has 0 unspecified atom stereocenters. The van der Waals surface area contributed by atoms with Crippen LogP contribution in [-0.2, 0) is 16.4 Å². The van der Waals surface area contributed by atoms with Gasteiger partial charge in [0, 0.05) is 43.3 Å². The molecule has 7 heteroatoms. The fourth-order valence-corrected chi connectivity index (χ4v) is 4.82. The van der Waals surface area contributed by atoms with E-state index in [1.807, 2.05) is 13.8 Å². The third-order valence-electron chi connectivity index (χ3n) is 4.69. The molecule has 2 heterocycles. The number of aryl methyl sites for hydroxylation is 1. The lowest BCUT2D eigenvalue weighted by atomic mass is 10.0. The lowest BCUT2D eigenvalue weighted by Crippen LogP contribution is -2.36. The molecule has 6 nitrogen and oxygen atoms in total. The quantitative estimate of drug-likeness (QED) is 0.808. The summed E-state index contributed by atoms with van der Waals surface area (Å²) in [5, 5.41) is 0. The van der Waals surface area contributed by atoms with Crippen molar-refractivity contribution in [2.24, 2.45) is 0 Å². The van der Waals surface area contributed by atoms with Gasteiger partial charge in [0.2, 0.25) is 10.0 Å². The molecular formula is C19H23N3O3S. The summed E-state index contributed by atoms with van der Waals surface area (Å²) in [5.41, 5.74) is 2.26. The molecule has 0 aliphatic carbocycles. The van der Waals surface area contributed by atoms with Gasteiger partial charge in [0.1, 0.15) is 0 Å². The Balaban J connectivity index is 1.97. The molecule has 0 N–H and O–H groups in total. The molecule has 1 amide bonds. The molecule has 138 valence electrons. The Morgan fingerprint density at radius 2 is 1.85 bits per heavy atom. The third kappa shape index (κ3) is 3.37. The van der Waals surface area contributed by atoms with Crippen LogP contribution in [0.4, 0.5) is 5.69 Å². The minimum absolute atomic E-state index is 0.0901. The zero-order valence-electron chi connectivity index (χ0n) is 15.1. The van der Waals surface area contributed by atoms with Crippen molar-refractivity contribution in [3.8, 4) is 0 Å². The van der Waals surface area contributed by atoms with Crippen LogP contribution < -0.4 is 4.90 Å². The lowest BCUT2D eigenvalue weighted by molar-refractivity contribution is 0.0985. The van der Waals surface area contributed by atoms with Gasteiger partial charge in [-0.3, -0.25) is 9.78 Å². The predicted octanol–water partition coefficient (Wildman–Crippen LogP) is 2.71. The molecular weight excluding hydrogens is 350 g/mol. The van der Waals surface area contributed by atoms with E-state index in [0.29, 0.717) is 25.2 Å². The van der Waals surface area contributed by atoms with Crippen LogP contribution in [0.5, 0.6) is 0 Å². The van der Waals surface area contributed by atoms with Gasteiger partial charge in [0.25, 0.3) is 5.91 Å². The summed E-state index contributed by atoms with van der Waals surface area (Å²) in [7, 11) is -3.50. The van der Waals surface area contributed by atoms with Gasteiger partial charge in [-0.25, -0.2) is 8.42 Å². The average molecular weight is 373 g/mol. The van der Waals surface area contributed by atoms with Crippen molar-refractivity contribution in [2.75, 3.05) is 24.5 Å². The number of anilines is 1. The maximum atomic E-state index is 12.8. The van der Waals surface area contributed by atoms with E-state index in [4.69, 9.17) is 0 Å². The number of carbonyl (C=O) groups excluding carboxylic acids is 1. The summed E-state index contributed by atoms with van der Waals surface area (Å²) >= 11 is 0. The molecule has 0 atom stereocenters. The molecule has 3 rings (SSSR count). The van der Waals surface area contributed by atoms with Gasteiger partial charge >= 0.3 is 0 Å². The van der Waals surface area contributed by atoms with Crippen molar-refractivity contribution >= 4 is 21.6 Å². The largest absolute Gasteiger partial charge is 0.308 e. The second-order valence-electron chi connectivity index (χ2n) is 6.18. The van der Waals surface area contributed by atoms with E-state index < -0.39 is 10.0 Å². The van der Waals surface area contributed by atoms with Crippen molar-refractivity contribution in [3.63, 3.8) is 0 Å². The molecule has 0 saturated heterocycles. The first kappa shape index (κ1) is 18.5. The molecule has 0 saturated carbocycles. The van der Waals surface area contributed by atoms with Crippen LogP contribution in [0, 0.1) is 0 Å². The van der Waals surface area contributed by atoms with Gasteiger partial charge in [0.15, 0.2) is 0 Å². The summed E-state index contributed by atoms with van der Waals surface area (Å²) in [6.45, 7) is 5.14. The summed E-state index contributed by atoms with van der Waals surface area (Å²) in [6, 6.07) is 8.45. The van der Waals surface area contributed by atoms with E-state index >= 15 is 0 Å². The fraction of sp³-hybridized carbons (Fsp3) is 0.368. The highest BCUT2D eigenvalue weighted by Gasteiger charge is 2.27. The van der Waals surface area contributed by atoms with Crippen molar-refractivity contribution in [2.45, 2.75) is 31.6 Å². The van der Waals surface area contributed by atoms with Crippen LogP contribution in [0.3, 0.4) is 0 Å². The molecule has 1 aromatic heterocycles. The predicted molar refractivity (Wildman–Crippen MR) is 101 cm³/mol. The number of fused-ring (bicyclic) bond motifs is 1. The number of hydrogen-bond donors (Lipinski definition) is 0. The SMILES string of the molecule is CCN(CC)S(=O)(=O)c1ccc2c(c1)CCCN2C(=O)c1ccncc1. The Bertz CT molecular complexity index is 894. The maximum absolute atomic E-state index is 12.8. The average Bonchev–Trinajstić information content (AvgIpc) is 2.68. The topological polar surface area (TPSA) is 70.6 Å². The fourth-order valence-electron chi connectivity index (χ4n) is 3.31. The zero-order valence-corrected chi connectivity index (χ0v) is 15.9. The van der Waals surface area contributed by atoms with Crippen LogP contribution in [0.2, 0.25) is 0 Å². The lowest BCUT2D eigenvalue weighted by Gasteiger charge is -2.30. The highest BCUT2D eigenvalue weighted by atomic mass is 32.2. The van der Waals surface area contributed by atoms with E-state index in [1.165, 1.54) is 4.31 Å². The van der Waals surface area contributed by atoms with Crippen molar-refractivity contribution < 1.29 is 13.2 Å². The minimum Gasteiger partial charge on any atom is -0.308 e. The Morgan fingerprint density at radius 1 is 1.15 bits per heavy atom. The van der Waals surface area contributed by atoms with E-state index in [2.05, 4.69) is 4.98 Å². The first-order valence-electron chi connectivity index (χ1n) is 8.84. The normalized spacial score (nSPS) is 14.3. The Morgan fingerprint density at radius 3 is 2.50 bits per heavy atom. The first-order valence-corrected chi connectivity index (χ1v) is 10.3. The van der Waals surface area contributed by atoms with Crippen LogP contribution in [-0.4, -0.2) is 43.2 Å². The second-order valence-corrected chi connectivity index (χ2v) is 8.11. The van der Waals surface area contributed by atoms with Gasteiger partial charge in [-0.1, -0.05) is 13.8 Å². The van der Waals surface area contributed by atoms with E-state index in [9.17, 15) is 13.2 Å². The Kier molecular flexibility index (Phi) is 5.38. The number of aromatic nitrogens is 1.